The standard InChI is InChI=1S/C19H31N5O2/c1-4-16-14-17(26-21-16)19(25)24-11-6-15(7-12-24)18-20-8-13-23(18)10-5-9-22(2)3/h8,13,15,17H,4-7,9-12,14H2,1-3H3/t17-/m0/s1. The normalized spacial score (nSPS) is 21.2. The van der Waals surface area contributed by atoms with E-state index < -0.39 is 6.10 Å². The maximum absolute atomic E-state index is 12.6. The van der Waals surface area contributed by atoms with Gasteiger partial charge in [0.2, 0.25) is 6.10 Å². The first kappa shape index (κ1) is 18.9. The molecule has 1 fully saturated rings. The fraction of sp³-hybridized carbons (Fsp3) is 0.737. The Hall–Kier alpha value is -1.89. The van der Waals surface area contributed by atoms with Crippen LogP contribution in [0.3, 0.4) is 0 Å². The second-order valence-corrected chi connectivity index (χ2v) is 7.54. The number of rotatable bonds is 7. The van der Waals surface area contributed by atoms with Gasteiger partial charge in [0.15, 0.2) is 0 Å². The molecule has 0 saturated carbocycles. The van der Waals surface area contributed by atoms with E-state index in [0.717, 1.165) is 57.6 Å². The maximum Gasteiger partial charge on any atom is 0.266 e. The first-order valence-electron chi connectivity index (χ1n) is 9.74. The Morgan fingerprint density at radius 3 is 2.77 bits per heavy atom. The van der Waals surface area contributed by atoms with Crippen LogP contribution >= 0.6 is 0 Å². The van der Waals surface area contributed by atoms with Gasteiger partial charge in [-0.15, -0.1) is 0 Å². The molecule has 1 aromatic heterocycles. The summed E-state index contributed by atoms with van der Waals surface area (Å²) in [7, 11) is 4.20. The van der Waals surface area contributed by atoms with Crippen molar-refractivity contribution in [2.24, 2.45) is 5.16 Å². The Bertz CT molecular complexity index is 632. The average Bonchev–Trinajstić information content (AvgIpc) is 3.30. The van der Waals surface area contributed by atoms with E-state index in [9.17, 15) is 4.79 Å². The second-order valence-electron chi connectivity index (χ2n) is 7.54. The van der Waals surface area contributed by atoms with Crippen LogP contribution in [0.2, 0.25) is 0 Å². The lowest BCUT2D eigenvalue weighted by molar-refractivity contribution is -0.143. The van der Waals surface area contributed by atoms with Crippen molar-refractivity contribution in [2.45, 2.75) is 57.6 Å². The van der Waals surface area contributed by atoms with Gasteiger partial charge in [0.05, 0.1) is 5.71 Å². The lowest BCUT2D eigenvalue weighted by atomic mass is 9.95. The summed E-state index contributed by atoms with van der Waals surface area (Å²) in [6.07, 6.45) is 8.11. The van der Waals surface area contributed by atoms with Crippen molar-refractivity contribution < 1.29 is 9.63 Å². The number of aryl methyl sites for hydroxylation is 1. The Morgan fingerprint density at radius 2 is 2.12 bits per heavy atom. The molecule has 0 spiro atoms. The number of oxime groups is 1. The molecule has 0 N–H and O–H groups in total. The quantitative estimate of drug-likeness (QED) is 0.746. The zero-order valence-electron chi connectivity index (χ0n) is 16.2. The molecule has 0 aliphatic carbocycles. The van der Waals surface area contributed by atoms with Crippen molar-refractivity contribution in [3.63, 3.8) is 0 Å². The molecule has 144 valence electrons. The van der Waals surface area contributed by atoms with Gasteiger partial charge < -0.3 is 19.2 Å². The highest BCUT2D eigenvalue weighted by molar-refractivity contribution is 5.92. The van der Waals surface area contributed by atoms with Crippen molar-refractivity contribution in [3.8, 4) is 0 Å². The molecule has 1 aromatic rings. The molecule has 7 nitrogen and oxygen atoms in total. The van der Waals surface area contributed by atoms with Crippen molar-refractivity contribution in [2.75, 3.05) is 33.7 Å². The van der Waals surface area contributed by atoms with E-state index in [1.54, 1.807) is 0 Å². The third-order valence-corrected chi connectivity index (χ3v) is 5.34. The number of aromatic nitrogens is 2. The lowest BCUT2D eigenvalue weighted by Gasteiger charge is -2.33. The van der Waals surface area contributed by atoms with E-state index in [2.05, 4.69) is 39.9 Å². The Morgan fingerprint density at radius 1 is 1.35 bits per heavy atom. The summed E-state index contributed by atoms with van der Waals surface area (Å²) in [6, 6.07) is 0. The zero-order chi connectivity index (χ0) is 18.5. The van der Waals surface area contributed by atoms with Crippen molar-refractivity contribution in [1.29, 1.82) is 0 Å². The van der Waals surface area contributed by atoms with Gasteiger partial charge >= 0.3 is 0 Å². The van der Waals surface area contributed by atoms with Gasteiger partial charge in [-0.3, -0.25) is 4.79 Å². The molecule has 2 aliphatic heterocycles. The molecule has 7 heteroatoms. The SMILES string of the molecule is CCC1=NO[C@H](C(=O)N2CCC(c3nccn3CCCN(C)C)CC2)C1. The molecule has 1 atom stereocenters. The minimum absolute atomic E-state index is 0.0879. The summed E-state index contributed by atoms with van der Waals surface area (Å²) < 4.78 is 2.28. The number of amides is 1. The Labute approximate surface area is 156 Å². The number of hydrogen-bond donors (Lipinski definition) is 0. The fourth-order valence-electron chi connectivity index (χ4n) is 3.76. The fourth-order valence-corrected chi connectivity index (χ4v) is 3.76. The van der Waals surface area contributed by atoms with Crippen LogP contribution in [0.4, 0.5) is 0 Å². The van der Waals surface area contributed by atoms with Crippen LogP contribution in [0.15, 0.2) is 17.5 Å². The largest absolute Gasteiger partial charge is 0.382 e. The average molecular weight is 361 g/mol. The number of hydrogen-bond acceptors (Lipinski definition) is 5. The van der Waals surface area contributed by atoms with Crippen LogP contribution in [-0.4, -0.2) is 70.8 Å². The van der Waals surface area contributed by atoms with E-state index in [4.69, 9.17) is 4.84 Å². The molecule has 0 radical (unpaired) electrons. The van der Waals surface area contributed by atoms with Gasteiger partial charge in [-0.1, -0.05) is 12.1 Å². The van der Waals surface area contributed by atoms with Crippen molar-refractivity contribution >= 4 is 11.6 Å². The third kappa shape index (κ3) is 4.44. The maximum atomic E-state index is 12.6. The van der Waals surface area contributed by atoms with Gasteiger partial charge in [-0.2, -0.15) is 0 Å². The molecule has 0 unspecified atom stereocenters. The summed E-state index contributed by atoms with van der Waals surface area (Å²) >= 11 is 0. The number of carbonyl (C=O) groups is 1. The number of carbonyl (C=O) groups excluding carboxylic acids is 1. The zero-order valence-corrected chi connectivity index (χ0v) is 16.2. The Balaban J connectivity index is 1.50. The van der Waals surface area contributed by atoms with Crippen molar-refractivity contribution in [1.82, 2.24) is 19.4 Å². The molecule has 0 bridgehead atoms. The van der Waals surface area contributed by atoms with Crippen LogP contribution in [0, 0.1) is 0 Å². The summed E-state index contributed by atoms with van der Waals surface area (Å²) in [5.41, 5.74) is 0.984. The van der Waals surface area contributed by atoms with Crippen LogP contribution in [0.25, 0.3) is 0 Å². The van der Waals surface area contributed by atoms with Gasteiger partial charge in [0.1, 0.15) is 5.82 Å². The highest BCUT2D eigenvalue weighted by Gasteiger charge is 2.34. The number of imidazole rings is 1. The monoisotopic (exact) mass is 361 g/mol. The molecule has 0 aromatic carbocycles. The first-order valence-corrected chi connectivity index (χ1v) is 9.74. The lowest BCUT2D eigenvalue weighted by Crippen LogP contribution is -2.43. The summed E-state index contributed by atoms with van der Waals surface area (Å²) in [5, 5.41) is 4.01. The molecule has 1 amide bonds. The van der Waals surface area contributed by atoms with E-state index in [-0.39, 0.29) is 5.91 Å². The highest BCUT2D eigenvalue weighted by Crippen LogP contribution is 2.28. The van der Waals surface area contributed by atoms with E-state index in [1.165, 1.54) is 5.82 Å². The molecule has 26 heavy (non-hydrogen) atoms. The van der Waals surface area contributed by atoms with Gasteiger partial charge in [0.25, 0.3) is 5.91 Å². The Kier molecular flexibility index (Phi) is 6.29. The predicted octanol–water partition coefficient (Wildman–Crippen LogP) is 2.10. The van der Waals surface area contributed by atoms with Crippen LogP contribution in [-0.2, 0) is 16.2 Å². The number of piperidine rings is 1. The molecule has 2 aliphatic rings. The predicted molar refractivity (Wildman–Crippen MR) is 101 cm³/mol. The van der Waals surface area contributed by atoms with E-state index in [0.29, 0.717) is 12.3 Å². The van der Waals surface area contributed by atoms with Gasteiger partial charge in [0, 0.05) is 44.4 Å². The summed E-state index contributed by atoms with van der Waals surface area (Å²) in [4.78, 5) is 26.7. The summed E-state index contributed by atoms with van der Waals surface area (Å²) in [6.45, 7) is 5.67. The minimum atomic E-state index is -0.408. The van der Waals surface area contributed by atoms with Crippen LogP contribution in [0.1, 0.15) is 50.8 Å². The minimum Gasteiger partial charge on any atom is -0.382 e. The smallest absolute Gasteiger partial charge is 0.266 e. The third-order valence-electron chi connectivity index (χ3n) is 5.34. The number of nitrogens with zero attached hydrogens (tertiary/aromatic N) is 5. The van der Waals surface area contributed by atoms with Crippen molar-refractivity contribution in [3.05, 3.63) is 18.2 Å². The molecular formula is C19H31N5O2. The van der Waals surface area contributed by atoms with Crippen LogP contribution < -0.4 is 0 Å². The molecule has 1 saturated heterocycles. The van der Waals surface area contributed by atoms with Crippen LogP contribution in [0.5, 0.6) is 0 Å². The highest BCUT2D eigenvalue weighted by atomic mass is 16.6. The second kappa shape index (κ2) is 8.66. The van der Waals surface area contributed by atoms with Gasteiger partial charge in [-0.05, 0) is 46.3 Å². The van der Waals surface area contributed by atoms with Gasteiger partial charge in [-0.25, -0.2) is 4.98 Å². The first-order chi connectivity index (χ1) is 12.6. The van der Waals surface area contributed by atoms with E-state index in [1.807, 2.05) is 18.0 Å². The van der Waals surface area contributed by atoms with E-state index >= 15 is 0 Å². The molecular weight excluding hydrogens is 330 g/mol. The number of likely N-dealkylation sites (tertiary alicyclic amines) is 1. The molecule has 3 rings (SSSR count). The molecule has 3 heterocycles. The summed E-state index contributed by atoms with van der Waals surface area (Å²) in [5.74, 6) is 1.69. The topological polar surface area (TPSA) is 63.0 Å².